The molecule has 2 rings (SSSR count). The molecule has 2 aromatic carbocycles. The first kappa shape index (κ1) is 14.5. The summed E-state index contributed by atoms with van der Waals surface area (Å²) in [5.41, 5.74) is 0.310. The Labute approximate surface area is 120 Å². The molecule has 0 radical (unpaired) electrons. The summed E-state index contributed by atoms with van der Waals surface area (Å²) in [6, 6.07) is 10.8. The van der Waals surface area contributed by atoms with Crippen molar-refractivity contribution in [3.8, 4) is 0 Å². The van der Waals surface area contributed by atoms with Gasteiger partial charge < -0.3 is 15.5 Å². The fraction of sp³-hybridized carbons (Fsp3) is 0.133. The molecule has 2 aromatic rings. The average Bonchev–Trinajstić information content (AvgIpc) is 2.45. The monoisotopic (exact) mass is 287 g/mol. The molecule has 21 heavy (non-hydrogen) atoms. The molecule has 0 unspecified atom stereocenters. The number of aliphatic carboxylic acids is 2. The molecule has 0 fully saturated rings. The van der Waals surface area contributed by atoms with Gasteiger partial charge in [0.05, 0.1) is 6.42 Å². The fourth-order valence-corrected chi connectivity index (χ4v) is 2.03. The first-order chi connectivity index (χ1) is 9.99. The van der Waals surface area contributed by atoms with Crippen LogP contribution < -0.4 is 5.32 Å². The van der Waals surface area contributed by atoms with Gasteiger partial charge in [0, 0.05) is 5.56 Å². The van der Waals surface area contributed by atoms with Crippen LogP contribution >= 0.6 is 0 Å². The number of carbonyl (C=O) groups is 3. The summed E-state index contributed by atoms with van der Waals surface area (Å²) < 4.78 is 0. The van der Waals surface area contributed by atoms with Crippen LogP contribution in [0.1, 0.15) is 16.8 Å². The summed E-state index contributed by atoms with van der Waals surface area (Å²) in [6.07, 6.45) is -0.675. The molecule has 0 aromatic heterocycles. The Morgan fingerprint density at radius 2 is 1.67 bits per heavy atom. The predicted molar refractivity (Wildman–Crippen MR) is 75.1 cm³/mol. The highest BCUT2D eigenvalue weighted by Crippen LogP contribution is 2.18. The Bertz CT molecular complexity index is 705. The lowest BCUT2D eigenvalue weighted by molar-refractivity contribution is -0.145. The van der Waals surface area contributed by atoms with E-state index in [-0.39, 0.29) is 0 Å². The highest BCUT2D eigenvalue weighted by atomic mass is 16.4. The summed E-state index contributed by atoms with van der Waals surface area (Å²) in [7, 11) is 0. The van der Waals surface area contributed by atoms with Crippen molar-refractivity contribution in [2.75, 3.05) is 0 Å². The summed E-state index contributed by atoms with van der Waals surface area (Å²) >= 11 is 0. The molecule has 0 aliphatic carbocycles. The van der Waals surface area contributed by atoms with Gasteiger partial charge >= 0.3 is 11.9 Å². The maximum atomic E-state index is 12.2. The summed E-state index contributed by atoms with van der Waals surface area (Å²) in [5.74, 6) is -3.29. The maximum absolute atomic E-state index is 12.2. The number of hydrogen-bond acceptors (Lipinski definition) is 3. The van der Waals surface area contributed by atoms with Crippen LogP contribution in [0.4, 0.5) is 0 Å². The molecular weight excluding hydrogens is 274 g/mol. The molecule has 6 heteroatoms. The van der Waals surface area contributed by atoms with E-state index in [2.05, 4.69) is 5.32 Å². The molecule has 0 bridgehead atoms. The van der Waals surface area contributed by atoms with Crippen molar-refractivity contribution in [1.29, 1.82) is 0 Å². The van der Waals surface area contributed by atoms with E-state index >= 15 is 0 Å². The number of rotatable bonds is 5. The van der Waals surface area contributed by atoms with Crippen molar-refractivity contribution in [2.24, 2.45) is 0 Å². The minimum atomic E-state index is -1.46. The second-order valence-corrected chi connectivity index (χ2v) is 4.49. The number of carboxylic acids is 2. The van der Waals surface area contributed by atoms with Crippen LogP contribution in [-0.2, 0) is 9.59 Å². The van der Waals surface area contributed by atoms with Crippen molar-refractivity contribution >= 4 is 28.6 Å². The van der Waals surface area contributed by atoms with Gasteiger partial charge in [0.1, 0.15) is 6.04 Å². The number of fused-ring (bicyclic) bond motifs is 1. The lowest BCUT2D eigenvalue weighted by Crippen LogP contribution is -2.42. The zero-order valence-electron chi connectivity index (χ0n) is 10.9. The summed E-state index contributed by atoms with van der Waals surface area (Å²) in [6.45, 7) is 0. The van der Waals surface area contributed by atoms with Crippen LogP contribution in [0.15, 0.2) is 42.5 Å². The van der Waals surface area contributed by atoms with E-state index in [1.807, 2.05) is 18.2 Å². The second kappa shape index (κ2) is 6.04. The molecule has 0 heterocycles. The van der Waals surface area contributed by atoms with Crippen molar-refractivity contribution in [3.05, 3.63) is 48.0 Å². The van der Waals surface area contributed by atoms with Gasteiger partial charge in [-0.2, -0.15) is 0 Å². The molecule has 0 aliphatic heterocycles. The second-order valence-electron chi connectivity index (χ2n) is 4.49. The third-order valence-corrected chi connectivity index (χ3v) is 3.02. The van der Waals surface area contributed by atoms with Crippen LogP contribution in [0.2, 0.25) is 0 Å². The van der Waals surface area contributed by atoms with Crippen molar-refractivity contribution in [2.45, 2.75) is 12.5 Å². The molecule has 1 amide bonds. The number of hydrogen-bond donors (Lipinski definition) is 3. The SMILES string of the molecule is O=C(O)C[C@@H](NC(=O)c1cccc2ccccc12)C(=O)O. The minimum Gasteiger partial charge on any atom is -0.481 e. The van der Waals surface area contributed by atoms with E-state index in [0.717, 1.165) is 5.39 Å². The van der Waals surface area contributed by atoms with Crippen molar-refractivity contribution < 1.29 is 24.6 Å². The smallest absolute Gasteiger partial charge is 0.326 e. The minimum absolute atomic E-state index is 0.310. The molecule has 3 N–H and O–H groups in total. The topological polar surface area (TPSA) is 104 Å². The van der Waals surface area contributed by atoms with Gasteiger partial charge in [0.15, 0.2) is 0 Å². The van der Waals surface area contributed by atoms with Crippen LogP contribution in [0.25, 0.3) is 10.8 Å². The van der Waals surface area contributed by atoms with Gasteiger partial charge in [0.2, 0.25) is 0 Å². The molecule has 0 saturated carbocycles. The first-order valence-electron chi connectivity index (χ1n) is 6.22. The predicted octanol–water partition coefficient (Wildman–Crippen LogP) is 1.50. The number of carbonyl (C=O) groups excluding carboxylic acids is 1. The quantitative estimate of drug-likeness (QED) is 0.773. The van der Waals surface area contributed by atoms with Crippen LogP contribution in [0, 0.1) is 0 Å². The highest BCUT2D eigenvalue weighted by molar-refractivity contribution is 6.08. The molecule has 108 valence electrons. The highest BCUT2D eigenvalue weighted by Gasteiger charge is 2.24. The molecule has 6 nitrogen and oxygen atoms in total. The third-order valence-electron chi connectivity index (χ3n) is 3.02. The average molecular weight is 287 g/mol. The van der Waals surface area contributed by atoms with E-state index in [4.69, 9.17) is 10.2 Å². The number of carboxylic acid groups (broad SMARTS) is 2. The van der Waals surface area contributed by atoms with Crippen LogP contribution in [-0.4, -0.2) is 34.1 Å². The lowest BCUT2D eigenvalue weighted by Gasteiger charge is -2.13. The molecular formula is C15H13NO5. The largest absolute Gasteiger partial charge is 0.481 e. The Kier molecular flexibility index (Phi) is 4.18. The van der Waals surface area contributed by atoms with Crippen molar-refractivity contribution in [1.82, 2.24) is 5.32 Å². The molecule has 0 saturated heterocycles. The van der Waals surface area contributed by atoms with Crippen LogP contribution in [0.5, 0.6) is 0 Å². The number of benzene rings is 2. The van der Waals surface area contributed by atoms with Gasteiger partial charge in [-0.3, -0.25) is 9.59 Å². The van der Waals surface area contributed by atoms with E-state index in [1.165, 1.54) is 0 Å². The molecule has 0 spiro atoms. The number of nitrogens with one attached hydrogen (secondary N) is 1. The van der Waals surface area contributed by atoms with Gasteiger partial charge in [-0.05, 0) is 16.8 Å². The van der Waals surface area contributed by atoms with E-state index < -0.39 is 30.3 Å². The van der Waals surface area contributed by atoms with E-state index in [1.54, 1.807) is 24.3 Å². The van der Waals surface area contributed by atoms with Crippen LogP contribution in [0.3, 0.4) is 0 Å². The Hall–Kier alpha value is -2.89. The van der Waals surface area contributed by atoms with E-state index in [9.17, 15) is 14.4 Å². The van der Waals surface area contributed by atoms with Gasteiger partial charge in [-0.25, -0.2) is 4.79 Å². The normalized spacial score (nSPS) is 11.8. The molecule has 0 aliphatic rings. The molecule has 1 atom stereocenters. The van der Waals surface area contributed by atoms with Gasteiger partial charge in [-0.15, -0.1) is 0 Å². The van der Waals surface area contributed by atoms with Gasteiger partial charge in [0.25, 0.3) is 5.91 Å². The van der Waals surface area contributed by atoms with Crippen molar-refractivity contribution in [3.63, 3.8) is 0 Å². The zero-order valence-corrected chi connectivity index (χ0v) is 10.9. The number of amides is 1. The summed E-state index contributed by atoms with van der Waals surface area (Å²) in [5, 5.41) is 21.4. The first-order valence-corrected chi connectivity index (χ1v) is 6.22. The maximum Gasteiger partial charge on any atom is 0.326 e. The third kappa shape index (κ3) is 3.36. The zero-order chi connectivity index (χ0) is 15.4. The van der Waals surface area contributed by atoms with E-state index in [0.29, 0.717) is 10.9 Å². The Morgan fingerprint density at radius 3 is 2.33 bits per heavy atom. The Balaban J connectivity index is 2.29. The summed E-state index contributed by atoms with van der Waals surface area (Å²) in [4.78, 5) is 33.8. The van der Waals surface area contributed by atoms with Gasteiger partial charge in [-0.1, -0.05) is 36.4 Å². The standard InChI is InChI=1S/C15H13NO5/c17-13(18)8-12(15(20)21)16-14(19)11-7-3-5-9-4-1-2-6-10(9)11/h1-7,12H,8H2,(H,16,19)(H,17,18)(H,20,21)/t12-/m1/s1. The Morgan fingerprint density at radius 1 is 1.00 bits per heavy atom. The fourth-order valence-electron chi connectivity index (χ4n) is 2.03. The lowest BCUT2D eigenvalue weighted by atomic mass is 10.0.